The fourth-order valence-electron chi connectivity index (χ4n) is 2.64. The van der Waals surface area contributed by atoms with Crippen LogP contribution in [0.3, 0.4) is 0 Å². The number of aromatic nitrogens is 3. The molecule has 112 valence electrons. The van der Waals surface area contributed by atoms with Crippen molar-refractivity contribution in [1.29, 1.82) is 0 Å². The van der Waals surface area contributed by atoms with E-state index in [9.17, 15) is 4.79 Å². The minimum absolute atomic E-state index is 0.00889. The van der Waals surface area contributed by atoms with E-state index >= 15 is 0 Å². The smallest absolute Gasteiger partial charge is 0.271 e. The molecular weight excluding hydrogens is 270 g/mol. The van der Waals surface area contributed by atoms with Gasteiger partial charge in [-0.25, -0.2) is 0 Å². The topological polar surface area (TPSA) is 67.4 Å². The quantitative estimate of drug-likeness (QED) is 0.855. The molecule has 0 saturated carbocycles. The number of likely N-dealkylation sites (tertiary alicyclic amines) is 1. The van der Waals surface area contributed by atoms with Crippen LogP contribution in [0, 0.1) is 0 Å². The normalized spacial score (nSPS) is 18.2. The lowest BCUT2D eigenvalue weighted by atomic mass is 10.2. The van der Waals surface area contributed by atoms with Gasteiger partial charge < -0.3 is 18.9 Å². The first-order valence-corrected chi connectivity index (χ1v) is 7.01. The van der Waals surface area contributed by atoms with Gasteiger partial charge in [0.05, 0.1) is 0 Å². The van der Waals surface area contributed by atoms with Gasteiger partial charge >= 0.3 is 0 Å². The van der Waals surface area contributed by atoms with Gasteiger partial charge in [-0.15, -0.1) is 0 Å². The summed E-state index contributed by atoms with van der Waals surface area (Å²) in [5.41, 5.74) is 0.675. The maximum Gasteiger partial charge on any atom is 0.271 e. The first-order valence-electron chi connectivity index (χ1n) is 7.01. The Labute approximate surface area is 123 Å². The van der Waals surface area contributed by atoms with Gasteiger partial charge in [0.15, 0.2) is 0 Å². The molecule has 0 spiro atoms. The summed E-state index contributed by atoms with van der Waals surface area (Å²) in [4.78, 5) is 20.6. The van der Waals surface area contributed by atoms with E-state index in [1.165, 1.54) is 0 Å². The van der Waals surface area contributed by atoms with Crippen LogP contribution < -0.4 is 4.90 Å². The van der Waals surface area contributed by atoms with Crippen molar-refractivity contribution in [1.82, 2.24) is 19.6 Å². The summed E-state index contributed by atoms with van der Waals surface area (Å²) >= 11 is 0. The Morgan fingerprint density at radius 2 is 2.29 bits per heavy atom. The molecule has 1 fully saturated rings. The van der Waals surface area contributed by atoms with Crippen molar-refractivity contribution in [3.05, 3.63) is 29.9 Å². The van der Waals surface area contributed by atoms with E-state index in [1.54, 1.807) is 4.90 Å². The average molecular weight is 289 g/mol. The predicted octanol–water partition coefficient (Wildman–Crippen LogP) is 1.45. The van der Waals surface area contributed by atoms with Crippen LogP contribution >= 0.6 is 0 Å². The van der Waals surface area contributed by atoms with E-state index in [2.05, 4.69) is 10.1 Å². The predicted molar refractivity (Wildman–Crippen MR) is 77.0 cm³/mol. The number of anilines is 1. The molecule has 2 aromatic heterocycles. The van der Waals surface area contributed by atoms with Gasteiger partial charge in [-0.3, -0.25) is 4.79 Å². The summed E-state index contributed by atoms with van der Waals surface area (Å²) < 4.78 is 7.16. The maximum absolute atomic E-state index is 12.7. The second kappa shape index (κ2) is 5.23. The third-order valence-corrected chi connectivity index (χ3v) is 3.79. The first-order chi connectivity index (χ1) is 10.1. The molecule has 1 atom stereocenters. The van der Waals surface area contributed by atoms with Crippen LogP contribution in [0.2, 0.25) is 0 Å². The fraction of sp³-hybridized carbons (Fsp3) is 0.500. The number of nitrogens with zero attached hydrogens (tertiary/aromatic N) is 5. The number of carbonyl (C=O) groups is 1. The van der Waals surface area contributed by atoms with E-state index in [4.69, 9.17) is 4.52 Å². The molecule has 0 aliphatic carbocycles. The third kappa shape index (κ3) is 2.39. The molecule has 0 N–H and O–H groups in total. The lowest BCUT2D eigenvalue weighted by Gasteiger charge is -2.22. The summed E-state index contributed by atoms with van der Waals surface area (Å²) in [6.45, 7) is 0.717. The Morgan fingerprint density at radius 1 is 1.48 bits per heavy atom. The summed E-state index contributed by atoms with van der Waals surface area (Å²) in [6.07, 6.45) is 3.67. The first kappa shape index (κ1) is 13.7. The zero-order valence-electron chi connectivity index (χ0n) is 12.5. The summed E-state index contributed by atoms with van der Waals surface area (Å²) in [7, 11) is 5.58. The van der Waals surface area contributed by atoms with Crippen LogP contribution in [0.15, 0.2) is 22.9 Å². The largest absolute Gasteiger partial charge is 0.347 e. The monoisotopic (exact) mass is 289 g/mol. The standard InChI is InChI=1S/C14H19N5O2/c1-17(2)14-15-12(21-16-14)10-6-5-9-19(10)13(20)11-7-4-8-18(11)3/h4,7-8,10H,5-6,9H2,1-3H3/t10-/m0/s1. The molecule has 0 unspecified atom stereocenters. The minimum Gasteiger partial charge on any atom is -0.347 e. The molecule has 0 radical (unpaired) electrons. The Morgan fingerprint density at radius 3 is 2.90 bits per heavy atom. The fourth-order valence-corrected chi connectivity index (χ4v) is 2.64. The number of carbonyl (C=O) groups excluding carboxylic acids is 1. The van der Waals surface area contributed by atoms with Crippen molar-refractivity contribution in [2.75, 3.05) is 25.5 Å². The minimum atomic E-state index is -0.131. The third-order valence-electron chi connectivity index (χ3n) is 3.79. The average Bonchev–Trinajstić information content (AvgIpc) is 3.17. The summed E-state index contributed by atoms with van der Waals surface area (Å²) in [6, 6.07) is 3.57. The van der Waals surface area contributed by atoms with Crippen LogP contribution in [-0.2, 0) is 7.05 Å². The van der Waals surface area contributed by atoms with Gasteiger partial charge in [-0.05, 0) is 30.1 Å². The van der Waals surface area contributed by atoms with Crippen molar-refractivity contribution in [2.24, 2.45) is 7.05 Å². The molecular formula is C14H19N5O2. The summed E-state index contributed by atoms with van der Waals surface area (Å²) in [5.74, 6) is 1.05. The molecule has 7 nitrogen and oxygen atoms in total. The van der Waals surface area contributed by atoms with Crippen LogP contribution in [0.1, 0.15) is 35.3 Å². The van der Waals surface area contributed by atoms with Crippen molar-refractivity contribution in [2.45, 2.75) is 18.9 Å². The Kier molecular flexibility index (Phi) is 3.40. The van der Waals surface area contributed by atoms with Gasteiger partial charge in [0, 0.05) is 33.9 Å². The van der Waals surface area contributed by atoms with Crippen molar-refractivity contribution in [3.8, 4) is 0 Å². The highest BCUT2D eigenvalue weighted by molar-refractivity contribution is 5.93. The zero-order chi connectivity index (χ0) is 15.0. The van der Waals surface area contributed by atoms with Crippen LogP contribution in [0.4, 0.5) is 5.95 Å². The Hall–Kier alpha value is -2.31. The van der Waals surface area contributed by atoms with Crippen molar-refractivity contribution < 1.29 is 9.32 Å². The number of amides is 1. The molecule has 3 heterocycles. The molecule has 1 aliphatic rings. The molecule has 1 saturated heterocycles. The Bertz CT molecular complexity index is 645. The molecule has 1 aliphatic heterocycles. The second-order valence-corrected chi connectivity index (χ2v) is 5.49. The van der Waals surface area contributed by atoms with Crippen LogP contribution in [0.25, 0.3) is 0 Å². The molecule has 1 amide bonds. The van der Waals surface area contributed by atoms with Gasteiger partial charge in [0.1, 0.15) is 11.7 Å². The van der Waals surface area contributed by atoms with E-state index in [1.807, 2.05) is 48.9 Å². The second-order valence-electron chi connectivity index (χ2n) is 5.49. The van der Waals surface area contributed by atoms with Gasteiger partial charge in [0.25, 0.3) is 17.7 Å². The maximum atomic E-state index is 12.7. The van der Waals surface area contributed by atoms with Crippen molar-refractivity contribution >= 4 is 11.9 Å². The lowest BCUT2D eigenvalue weighted by Crippen LogP contribution is -2.32. The highest BCUT2D eigenvalue weighted by Gasteiger charge is 2.35. The highest BCUT2D eigenvalue weighted by atomic mass is 16.5. The van der Waals surface area contributed by atoms with Crippen molar-refractivity contribution in [3.63, 3.8) is 0 Å². The highest BCUT2D eigenvalue weighted by Crippen LogP contribution is 2.32. The van der Waals surface area contributed by atoms with E-state index in [0.29, 0.717) is 24.1 Å². The SMILES string of the molecule is CN(C)c1noc([C@@H]2CCCN2C(=O)c2cccn2C)n1. The van der Waals surface area contributed by atoms with Crippen LogP contribution in [-0.4, -0.2) is 46.2 Å². The number of hydrogen-bond acceptors (Lipinski definition) is 5. The lowest BCUT2D eigenvalue weighted by molar-refractivity contribution is 0.0700. The molecule has 3 rings (SSSR count). The molecule has 2 aromatic rings. The Balaban J connectivity index is 1.85. The summed E-state index contributed by atoms with van der Waals surface area (Å²) in [5, 5.41) is 3.93. The molecule has 0 aromatic carbocycles. The van der Waals surface area contributed by atoms with E-state index in [0.717, 1.165) is 12.8 Å². The molecule has 21 heavy (non-hydrogen) atoms. The molecule has 7 heteroatoms. The van der Waals surface area contributed by atoms with Gasteiger partial charge in [0.2, 0.25) is 0 Å². The van der Waals surface area contributed by atoms with Crippen LogP contribution in [0.5, 0.6) is 0 Å². The number of hydrogen-bond donors (Lipinski definition) is 0. The van der Waals surface area contributed by atoms with Gasteiger partial charge in [-0.1, -0.05) is 0 Å². The number of aryl methyl sites for hydroxylation is 1. The zero-order valence-corrected chi connectivity index (χ0v) is 12.5. The van der Waals surface area contributed by atoms with Gasteiger partial charge in [-0.2, -0.15) is 4.98 Å². The van der Waals surface area contributed by atoms with E-state index in [-0.39, 0.29) is 11.9 Å². The van der Waals surface area contributed by atoms with E-state index < -0.39 is 0 Å². The molecule has 0 bridgehead atoms. The number of rotatable bonds is 3.